The molecule has 0 aromatic heterocycles. The first-order valence-electron chi connectivity index (χ1n) is 7.29. The zero-order valence-corrected chi connectivity index (χ0v) is 12.2. The van der Waals surface area contributed by atoms with Crippen LogP contribution in [-0.2, 0) is 0 Å². The van der Waals surface area contributed by atoms with E-state index in [9.17, 15) is 9.90 Å². The van der Waals surface area contributed by atoms with Gasteiger partial charge in [0.1, 0.15) is 11.5 Å². The van der Waals surface area contributed by atoms with Crippen molar-refractivity contribution in [1.82, 2.24) is 5.32 Å². The summed E-state index contributed by atoms with van der Waals surface area (Å²) in [5.74, 6) is 0.859. The third-order valence-electron chi connectivity index (χ3n) is 4.16. The van der Waals surface area contributed by atoms with Gasteiger partial charge in [0, 0.05) is 6.04 Å². The number of carbonyl (C=O) groups excluding carboxylic acids is 1. The second-order valence-electron chi connectivity index (χ2n) is 5.54. The first kappa shape index (κ1) is 14.7. The van der Waals surface area contributed by atoms with E-state index >= 15 is 0 Å². The van der Waals surface area contributed by atoms with Crippen molar-refractivity contribution in [2.24, 2.45) is 5.92 Å². The summed E-state index contributed by atoms with van der Waals surface area (Å²) in [7, 11) is 1.54. The second kappa shape index (κ2) is 6.64. The molecule has 2 rings (SSSR count). The number of hydrogen-bond donors (Lipinski definition) is 2. The van der Waals surface area contributed by atoms with Crippen LogP contribution < -0.4 is 10.1 Å². The number of carbonyl (C=O) groups is 1. The number of nitrogens with one attached hydrogen (secondary N) is 1. The third-order valence-corrected chi connectivity index (χ3v) is 4.16. The maximum atomic E-state index is 12.3. The van der Waals surface area contributed by atoms with E-state index in [1.54, 1.807) is 19.2 Å². The molecule has 20 heavy (non-hydrogen) atoms. The number of ether oxygens (including phenoxy) is 1. The lowest BCUT2D eigenvalue weighted by molar-refractivity contribution is 0.0916. The molecule has 1 fully saturated rings. The Morgan fingerprint density at radius 3 is 2.70 bits per heavy atom. The minimum atomic E-state index is -0.237. The molecule has 1 aromatic rings. The summed E-state index contributed by atoms with van der Waals surface area (Å²) in [6.07, 6.45) is 6.13. The molecule has 110 valence electrons. The van der Waals surface area contributed by atoms with Crippen LogP contribution in [0.3, 0.4) is 0 Å². The largest absolute Gasteiger partial charge is 0.507 e. The van der Waals surface area contributed by atoms with Crippen LogP contribution in [0, 0.1) is 5.92 Å². The molecule has 1 unspecified atom stereocenters. The van der Waals surface area contributed by atoms with Crippen molar-refractivity contribution < 1.29 is 14.6 Å². The smallest absolute Gasteiger partial charge is 0.255 e. The van der Waals surface area contributed by atoms with Gasteiger partial charge in [-0.3, -0.25) is 4.79 Å². The molecule has 4 heteroatoms. The summed E-state index contributed by atoms with van der Waals surface area (Å²) >= 11 is 0. The molecule has 0 bridgehead atoms. The van der Waals surface area contributed by atoms with Crippen molar-refractivity contribution >= 4 is 5.91 Å². The third kappa shape index (κ3) is 3.44. The fourth-order valence-electron chi connectivity index (χ4n) is 2.86. The summed E-state index contributed by atoms with van der Waals surface area (Å²) in [6.45, 7) is 2.05. The van der Waals surface area contributed by atoms with E-state index < -0.39 is 0 Å². The zero-order chi connectivity index (χ0) is 14.5. The average molecular weight is 277 g/mol. The summed E-state index contributed by atoms with van der Waals surface area (Å²) < 4.78 is 5.09. The molecule has 1 aromatic carbocycles. The maximum absolute atomic E-state index is 12.3. The SMILES string of the molecule is COc1ccc(O)c(C(=O)NC(C)C2CCCCC2)c1. The van der Waals surface area contributed by atoms with E-state index in [2.05, 4.69) is 5.32 Å². The zero-order valence-electron chi connectivity index (χ0n) is 12.2. The van der Waals surface area contributed by atoms with Gasteiger partial charge in [-0.05, 0) is 43.9 Å². The predicted octanol–water partition coefficient (Wildman–Crippen LogP) is 3.10. The highest BCUT2D eigenvalue weighted by atomic mass is 16.5. The first-order chi connectivity index (χ1) is 9.61. The molecule has 0 aliphatic heterocycles. The van der Waals surface area contributed by atoms with Gasteiger partial charge in [-0.2, -0.15) is 0 Å². The van der Waals surface area contributed by atoms with E-state index in [0.29, 0.717) is 11.7 Å². The van der Waals surface area contributed by atoms with Gasteiger partial charge in [-0.15, -0.1) is 0 Å². The number of phenols is 1. The maximum Gasteiger partial charge on any atom is 0.255 e. The summed E-state index contributed by atoms with van der Waals surface area (Å²) in [5.41, 5.74) is 0.270. The fraction of sp³-hybridized carbons (Fsp3) is 0.562. The minimum absolute atomic E-state index is 0.0147. The first-order valence-corrected chi connectivity index (χ1v) is 7.29. The Balaban J connectivity index is 2.03. The molecule has 1 saturated carbocycles. The van der Waals surface area contributed by atoms with Crippen LogP contribution in [0.2, 0.25) is 0 Å². The van der Waals surface area contributed by atoms with E-state index in [1.807, 2.05) is 6.92 Å². The molecule has 1 amide bonds. The van der Waals surface area contributed by atoms with Gasteiger partial charge in [-0.1, -0.05) is 19.3 Å². The fourth-order valence-corrected chi connectivity index (χ4v) is 2.86. The highest BCUT2D eigenvalue weighted by molar-refractivity contribution is 5.97. The van der Waals surface area contributed by atoms with Gasteiger partial charge in [0.15, 0.2) is 0 Å². The lowest BCUT2D eigenvalue weighted by Gasteiger charge is -2.28. The lowest BCUT2D eigenvalue weighted by atomic mass is 9.84. The molecule has 1 atom stereocenters. The molecule has 1 aliphatic carbocycles. The summed E-state index contributed by atoms with van der Waals surface area (Å²) in [6, 6.07) is 4.82. The van der Waals surface area contributed by atoms with Crippen molar-refractivity contribution in [3.63, 3.8) is 0 Å². The van der Waals surface area contributed by atoms with Crippen LogP contribution >= 0.6 is 0 Å². The van der Waals surface area contributed by atoms with Gasteiger partial charge < -0.3 is 15.2 Å². The molecule has 0 spiro atoms. The number of hydrogen-bond acceptors (Lipinski definition) is 3. The lowest BCUT2D eigenvalue weighted by Crippen LogP contribution is -2.38. The Bertz CT molecular complexity index is 467. The number of phenolic OH excluding ortho intramolecular Hbond substituents is 1. The minimum Gasteiger partial charge on any atom is -0.507 e. The quantitative estimate of drug-likeness (QED) is 0.889. The molecular formula is C16H23NO3. The summed E-state index contributed by atoms with van der Waals surface area (Å²) in [4.78, 5) is 12.3. The van der Waals surface area contributed by atoms with Gasteiger partial charge >= 0.3 is 0 Å². The normalized spacial score (nSPS) is 17.5. The van der Waals surface area contributed by atoms with Crippen molar-refractivity contribution in [2.75, 3.05) is 7.11 Å². The van der Waals surface area contributed by atoms with Crippen molar-refractivity contribution in [3.05, 3.63) is 23.8 Å². The van der Waals surface area contributed by atoms with Gasteiger partial charge in [0.05, 0.1) is 12.7 Å². The van der Waals surface area contributed by atoms with Crippen LogP contribution in [0.4, 0.5) is 0 Å². The standard InChI is InChI=1S/C16H23NO3/c1-11(12-6-4-3-5-7-12)17-16(19)14-10-13(20-2)8-9-15(14)18/h8-12,18H,3-7H2,1-2H3,(H,17,19). The molecule has 0 radical (unpaired) electrons. The Morgan fingerprint density at radius 2 is 2.05 bits per heavy atom. The molecule has 1 aliphatic rings. The molecular weight excluding hydrogens is 254 g/mol. The Kier molecular flexibility index (Phi) is 4.88. The topological polar surface area (TPSA) is 58.6 Å². The van der Waals surface area contributed by atoms with Crippen molar-refractivity contribution in [1.29, 1.82) is 0 Å². The second-order valence-corrected chi connectivity index (χ2v) is 5.54. The van der Waals surface area contributed by atoms with Gasteiger partial charge in [0.25, 0.3) is 5.91 Å². The Labute approximate surface area is 120 Å². The van der Waals surface area contributed by atoms with Gasteiger partial charge in [-0.25, -0.2) is 0 Å². The van der Waals surface area contributed by atoms with Crippen molar-refractivity contribution in [3.8, 4) is 11.5 Å². The van der Waals surface area contributed by atoms with Crippen LogP contribution in [-0.4, -0.2) is 24.2 Å². The number of amides is 1. The van der Waals surface area contributed by atoms with Gasteiger partial charge in [0.2, 0.25) is 0 Å². The number of methoxy groups -OCH3 is 1. The van der Waals surface area contributed by atoms with Crippen LogP contribution in [0.5, 0.6) is 11.5 Å². The van der Waals surface area contributed by atoms with Crippen LogP contribution in [0.25, 0.3) is 0 Å². The number of aromatic hydroxyl groups is 1. The van der Waals surface area contributed by atoms with E-state index in [4.69, 9.17) is 4.74 Å². The van der Waals surface area contributed by atoms with Crippen LogP contribution in [0.1, 0.15) is 49.4 Å². The van der Waals surface area contributed by atoms with Crippen LogP contribution in [0.15, 0.2) is 18.2 Å². The Morgan fingerprint density at radius 1 is 1.35 bits per heavy atom. The highest BCUT2D eigenvalue weighted by Gasteiger charge is 2.23. The number of rotatable bonds is 4. The highest BCUT2D eigenvalue weighted by Crippen LogP contribution is 2.27. The average Bonchev–Trinajstić information content (AvgIpc) is 2.48. The molecule has 0 heterocycles. The van der Waals surface area contributed by atoms with E-state index in [0.717, 1.165) is 0 Å². The number of benzene rings is 1. The van der Waals surface area contributed by atoms with E-state index in [-0.39, 0.29) is 23.3 Å². The summed E-state index contributed by atoms with van der Waals surface area (Å²) in [5, 5.41) is 12.8. The Hall–Kier alpha value is -1.71. The van der Waals surface area contributed by atoms with Crippen molar-refractivity contribution in [2.45, 2.75) is 45.1 Å². The molecule has 2 N–H and O–H groups in total. The molecule has 4 nitrogen and oxygen atoms in total. The van der Waals surface area contributed by atoms with E-state index in [1.165, 1.54) is 38.2 Å². The monoisotopic (exact) mass is 277 g/mol. The predicted molar refractivity (Wildman–Crippen MR) is 78.2 cm³/mol. The molecule has 0 saturated heterocycles.